The van der Waals surface area contributed by atoms with E-state index < -0.39 is 0 Å². The van der Waals surface area contributed by atoms with Gasteiger partial charge in [0, 0.05) is 11.4 Å². The van der Waals surface area contributed by atoms with E-state index in [9.17, 15) is 9.90 Å². The molecule has 104 valence electrons. The Labute approximate surface area is 123 Å². The molecule has 0 radical (unpaired) electrons. The highest BCUT2D eigenvalue weighted by molar-refractivity contribution is 6.31. The fraction of sp³-hybridized carbons (Fsp3) is 0.188. The lowest BCUT2D eigenvalue weighted by Gasteiger charge is -2.08. The average molecular weight is 290 g/mol. The number of nitrogens with one attached hydrogen (secondary N) is 1. The Morgan fingerprint density at radius 1 is 1.25 bits per heavy atom. The number of halogens is 1. The minimum atomic E-state index is -0.149. The molecule has 0 fully saturated rings. The van der Waals surface area contributed by atoms with Gasteiger partial charge in [0.15, 0.2) is 0 Å². The zero-order chi connectivity index (χ0) is 14.5. The van der Waals surface area contributed by atoms with Crippen LogP contribution in [0.15, 0.2) is 42.5 Å². The standard InChI is InChI=1S/C16H16ClNO2/c1-11-6-8-14(15(19)10-11)18-16(20)9-7-12-4-2-3-5-13(12)17/h2-6,8,10,19H,7,9H2,1H3,(H,18,20). The van der Waals surface area contributed by atoms with E-state index in [4.69, 9.17) is 11.6 Å². The first-order valence-corrected chi connectivity index (χ1v) is 6.77. The van der Waals surface area contributed by atoms with Crippen LogP contribution in [0.25, 0.3) is 0 Å². The van der Waals surface area contributed by atoms with Crippen LogP contribution in [-0.2, 0) is 11.2 Å². The summed E-state index contributed by atoms with van der Waals surface area (Å²) in [4.78, 5) is 11.9. The summed E-state index contributed by atoms with van der Waals surface area (Å²) in [5, 5.41) is 13.1. The topological polar surface area (TPSA) is 49.3 Å². The Morgan fingerprint density at radius 2 is 2.00 bits per heavy atom. The van der Waals surface area contributed by atoms with Crippen molar-refractivity contribution < 1.29 is 9.90 Å². The smallest absolute Gasteiger partial charge is 0.224 e. The van der Waals surface area contributed by atoms with Gasteiger partial charge in [0.1, 0.15) is 5.75 Å². The molecule has 0 atom stereocenters. The molecule has 0 saturated carbocycles. The predicted molar refractivity (Wildman–Crippen MR) is 81.2 cm³/mol. The summed E-state index contributed by atoms with van der Waals surface area (Å²) in [6.07, 6.45) is 0.884. The van der Waals surface area contributed by atoms with Gasteiger partial charge in [-0.2, -0.15) is 0 Å². The van der Waals surface area contributed by atoms with Crippen LogP contribution in [0.4, 0.5) is 5.69 Å². The molecule has 2 aromatic carbocycles. The zero-order valence-corrected chi connectivity index (χ0v) is 11.9. The normalized spacial score (nSPS) is 10.3. The maximum Gasteiger partial charge on any atom is 0.224 e. The molecule has 1 amide bonds. The third-order valence-electron chi connectivity index (χ3n) is 3.01. The molecule has 4 heteroatoms. The van der Waals surface area contributed by atoms with Crippen LogP contribution in [-0.4, -0.2) is 11.0 Å². The van der Waals surface area contributed by atoms with Gasteiger partial charge < -0.3 is 10.4 Å². The van der Waals surface area contributed by atoms with Crippen LogP contribution in [0.2, 0.25) is 5.02 Å². The van der Waals surface area contributed by atoms with Crippen molar-refractivity contribution in [3.63, 3.8) is 0 Å². The number of phenolic OH excluding ortho intramolecular Hbond substituents is 1. The summed E-state index contributed by atoms with van der Waals surface area (Å²) in [5.41, 5.74) is 2.31. The number of aryl methyl sites for hydroxylation is 2. The molecule has 0 saturated heterocycles. The largest absolute Gasteiger partial charge is 0.506 e. The van der Waals surface area contributed by atoms with Gasteiger partial charge in [-0.3, -0.25) is 4.79 Å². The van der Waals surface area contributed by atoms with Crippen LogP contribution >= 0.6 is 11.6 Å². The number of hydrogen-bond donors (Lipinski definition) is 2. The van der Waals surface area contributed by atoms with E-state index in [0.717, 1.165) is 11.1 Å². The fourth-order valence-electron chi connectivity index (χ4n) is 1.91. The van der Waals surface area contributed by atoms with E-state index in [1.165, 1.54) is 0 Å². The van der Waals surface area contributed by atoms with Crippen molar-refractivity contribution >= 4 is 23.2 Å². The van der Waals surface area contributed by atoms with Gasteiger partial charge in [-0.15, -0.1) is 0 Å². The Balaban J connectivity index is 1.94. The molecule has 2 aromatic rings. The van der Waals surface area contributed by atoms with Crippen LogP contribution in [0.1, 0.15) is 17.5 Å². The quantitative estimate of drug-likeness (QED) is 0.838. The Hall–Kier alpha value is -2.00. The summed E-state index contributed by atoms with van der Waals surface area (Å²) in [5.74, 6) is -0.0693. The van der Waals surface area contributed by atoms with Crippen LogP contribution in [0, 0.1) is 6.92 Å². The van der Waals surface area contributed by atoms with E-state index in [1.54, 1.807) is 18.2 Å². The number of carbonyl (C=O) groups excluding carboxylic acids is 1. The van der Waals surface area contributed by atoms with Crippen molar-refractivity contribution in [1.29, 1.82) is 0 Å². The van der Waals surface area contributed by atoms with Crippen molar-refractivity contribution in [2.45, 2.75) is 19.8 Å². The molecular formula is C16H16ClNO2. The summed E-state index contributed by atoms with van der Waals surface area (Å²) in [6, 6.07) is 12.6. The van der Waals surface area contributed by atoms with E-state index in [-0.39, 0.29) is 11.7 Å². The van der Waals surface area contributed by atoms with Gasteiger partial charge in [-0.25, -0.2) is 0 Å². The molecule has 3 nitrogen and oxygen atoms in total. The SMILES string of the molecule is Cc1ccc(NC(=O)CCc2ccccc2Cl)c(O)c1. The van der Waals surface area contributed by atoms with E-state index in [2.05, 4.69) is 5.32 Å². The minimum absolute atomic E-state index is 0.0797. The molecule has 2 rings (SSSR count). The molecule has 0 aliphatic rings. The second-order valence-electron chi connectivity index (χ2n) is 4.66. The summed E-state index contributed by atoms with van der Waals surface area (Å²) < 4.78 is 0. The average Bonchev–Trinajstić information content (AvgIpc) is 2.41. The fourth-order valence-corrected chi connectivity index (χ4v) is 2.14. The monoisotopic (exact) mass is 289 g/mol. The Morgan fingerprint density at radius 3 is 2.70 bits per heavy atom. The van der Waals surface area contributed by atoms with Crippen LogP contribution < -0.4 is 5.32 Å². The number of benzene rings is 2. The number of carbonyl (C=O) groups is 1. The highest BCUT2D eigenvalue weighted by Gasteiger charge is 2.08. The summed E-state index contributed by atoms with van der Waals surface area (Å²) in [7, 11) is 0. The lowest BCUT2D eigenvalue weighted by molar-refractivity contribution is -0.116. The van der Waals surface area contributed by atoms with Gasteiger partial charge in [0.2, 0.25) is 5.91 Å². The van der Waals surface area contributed by atoms with Crippen molar-refractivity contribution in [2.75, 3.05) is 5.32 Å². The van der Waals surface area contributed by atoms with Crippen molar-refractivity contribution in [3.8, 4) is 5.75 Å². The first kappa shape index (κ1) is 14.4. The van der Waals surface area contributed by atoms with E-state index in [1.807, 2.05) is 31.2 Å². The van der Waals surface area contributed by atoms with Crippen molar-refractivity contribution in [3.05, 3.63) is 58.6 Å². The Bertz CT molecular complexity index is 626. The number of amides is 1. The first-order valence-electron chi connectivity index (χ1n) is 6.39. The number of aromatic hydroxyl groups is 1. The van der Waals surface area contributed by atoms with Crippen molar-refractivity contribution in [1.82, 2.24) is 0 Å². The van der Waals surface area contributed by atoms with E-state index in [0.29, 0.717) is 23.6 Å². The number of hydrogen-bond acceptors (Lipinski definition) is 2. The van der Waals surface area contributed by atoms with Crippen molar-refractivity contribution in [2.24, 2.45) is 0 Å². The summed E-state index contributed by atoms with van der Waals surface area (Å²) >= 11 is 6.04. The van der Waals surface area contributed by atoms with Gasteiger partial charge in [0.05, 0.1) is 5.69 Å². The molecule has 0 unspecified atom stereocenters. The van der Waals surface area contributed by atoms with Gasteiger partial charge >= 0.3 is 0 Å². The number of rotatable bonds is 4. The molecular weight excluding hydrogens is 274 g/mol. The van der Waals surface area contributed by atoms with Gasteiger partial charge in [0.25, 0.3) is 0 Å². The second kappa shape index (κ2) is 6.44. The van der Waals surface area contributed by atoms with Crippen LogP contribution in [0.5, 0.6) is 5.75 Å². The first-order chi connectivity index (χ1) is 9.56. The molecule has 0 aromatic heterocycles. The number of phenols is 1. The molecule has 0 spiro atoms. The molecule has 0 aliphatic carbocycles. The van der Waals surface area contributed by atoms with E-state index >= 15 is 0 Å². The van der Waals surface area contributed by atoms with Gasteiger partial charge in [-0.05, 0) is 42.7 Å². The highest BCUT2D eigenvalue weighted by atomic mass is 35.5. The Kier molecular flexibility index (Phi) is 4.64. The molecule has 0 bridgehead atoms. The minimum Gasteiger partial charge on any atom is -0.506 e. The molecule has 20 heavy (non-hydrogen) atoms. The zero-order valence-electron chi connectivity index (χ0n) is 11.2. The lowest BCUT2D eigenvalue weighted by Crippen LogP contribution is -2.12. The van der Waals surface area contributed by atoms with Crippen LogP contribution in [0.3, 0.4) is 0 Å². The van der Waals surface area contributed by atoms with Gasteiger partial charge in [-0.1, -0.05) is 35.9 Å². The second-order valence-corrected chi connectivity index (χ2v) is 5.07. The summed E-state index contributed by atoms with van der Waals surface area (Å²) in [6.45, 7) is 1.88. The molecule has 2 N–H and O–H groups in total. The lowest BCUT2D eigenvalue weighted by atomic mass is 10.1. The highest BCUT2D eigenvalue weighted by Crippen LogP contribution is 2.24. The molecule has 0 aliphatic heterocycles. The maximum absolute atomic E-state index is 11.9. The third-order valence-corrected chi connectivity index (χ3v) is 3.38. The number of anilines is 1. The maximum atomic E-state index is 11.9. The molecule has 0 heterocycles. The predicted octanol–water partition coefficient (Wildman–Crippen LogP) is 3.93. The third kappa shape index (κ3) is 3.75.